The van der Waals surface area contributed by atoms with Gasteiger partial charge in [-0.15, -0.1) is 0 Å². The van der Waals surface area contributed by atoms with E-state index in [2.05, 4.69) is 24.3 Å². The molecule has 3 aliphatic rings. The summed E-state index contributed by atoms with van der Waals surface area (Å²) in [5, 5.41) is 0.855. The highest BCUT2D eigenvalue weighted by atomic mass is 31.2. The third-order valence-corrected chi connectivity index (χ3v) is 8.73. The van der Waals surface area contributed by atoms with Crippen LogP contribution in [-0.2, 0) is 4.57 Å². The summed E-state index contributed by atoms with van der Waals surface area (Å²) < 4.78 is 27.1. The van der Waals surface area contributed by atoms with Crippen LogP contribution in [0.4, 0.5) is 0 Å². The van der Waals surface area contributed by atoms with Crippen molar-refractivity contribution in [3.05, 3.63) is 114 Å². The average Bonchev–Trinajstić information content (AvgIpc) is 3.34. The molecule has 31 heavy (non-hydrogen) atoms. The summed E-state index contributed by atoms with van der Waals surface area (Å²) in [5.74, 6) is 2.64. The largest absolute Gasteiger partial charge is 0.459 e. The van der Waals surface area contributed by atoms with Crippen molar-refractivity contribution in [2.45, 2.75) is 6.42 Å². The summed E-state index contributed by atoms with van der Waals surface area (Å²) >= 11 is 0. The van der Waals surface area contributed by atoms with E-state index in [1.54, 1.807) is 0 Å². The quantitative estimate of drug-likeness (QED) is 0.309. The van der Waals surface area contributed by atoms with Gasteiger partial charge in [-0.1, -0.05) is 78.9 Å². The summed E-state index contributed by atoms with van der Waals surface area (Å²) in [6.07, 6.45) is 5.75. The van der Waals surface area contributed by atoms with Gasteiger partial charge in [-0.3, -0.25) is 0 Å². The first-order valence-electron chi connectivity index (χ1n) is 10.8. The third-order valence-electron chi connectivity index (χ3n) is 6.70. The Balaban J connectivity index is 1.50. The molecule has 0 radical (unpaired) electrons. The second-order valence-electron chi connectivity index (χ2n) is 8.47. The number of fused-ring (bicyclic) bond motifs is 5. The van der Waals surface area contributed by atoms with Gasteiger partial charge in [-0.2, -0.15) is 0 Å². The lowest BCUT2D eigenvalue weighted by Crippen LogP contribution is -2.34. The maximum atomic E-state index is 14.6. The molecule has 4 atom stereocenters. The zero-order valence-electron chi connectivity index (χ0n) is 17.0. The number of para-hydroxylation sites is 2. The minimum atomic E-state index is -3.64. The van der Waals surface area contributed by atoms with E-state index in [0.717, 1.165) is 22.9 Å². The zero-order chi connectivity index (χ0) is 20.8. The van der Waals surface area contributed by atoms with Crippen LogP contribution < -0.4 is 9.05 Å². The van der Waals surface area contributed by atoms with Crippen molar-refractivity contribution < 1.29 is 13.6 Å². The fourth-order valence-corrected chi connectivity index (χ4v) is 7.81. The Labute approximate surface area is 182 Å². The van der Waals surface area contributed by atoms with Crippen LogP contribution >= 0.6 is 7.60 Å². The molecule has 0 aromatic heterocycles. The molecule has 6 rings (SSSR count). The fraction of sp³-hybridized carbons (Fsp3) is 0.185. The minimum Gasteiger partial charge on any atom is -0.413 e. The molecule has 0 saturated heterocycles. The Kier molecular flexibility index (Phi) is 4.40. The molecule has 154 valence electrons. The number of hydrogen-bond acceptors (Lipinski definition) is 3. The van der Waals surface area contributed by atoms with Crippen molar-refractivity contribution in [2.75, 3.05) is 0 Å². The Morgan fingerprint density at radius 3 is 1.68 bits per heavy atom. The molecule has 3 aliphatic carbocycles. The second kappa shape index (κ2) is 7.28. The van der Waals surface area contributed by atoms with E-state index in [0.29, 0.717) is 29.3 Å². The van der Waals surface area contributed by atoms with E-state index in [9.17, 15) is 4.57 Å². The molecule has 0 unspecified atom stereocenters. The predicted molar refractivity (Wildman–Crippen MR) is 123 cm³/mol. The van der Waals surface area contributed by atoms with E-state index in [1.165, 1.54) is 0 Å². The molecule has 0 aliphatic heterocycles. The van der Waals surface area contributed by atoms with E-state index >= 15 is 0 Å². The molecule has 0 heterocycles. The van der Waals surface area contributed by atoms with E-state index in [4.69, 9.17) is 9.05 Å². The van der Waals surface area contributed by atoms with Crippen LogP contribution in [0.15, 0.2) is 108 Å². The number of allylic oxidation sites excluding steroid dienone is 4. The number of rotatable bonds is 6. The van der Waals surface area contributed by atoms with Gasteiger partial charge >= 0.3 is 7.60 Å². The summed E-state index contributed by atoms with van der Waals surface area (Å²) in [5.41, 5.74) is 2.27. The first-order valence-corrected chi connectivity index (χ1v) is 12.3. The molecule has 0 spiro atoms. The van der Waals surface area contributed by atoms with Crippen molar-refractivity contribution in [3.63, 3.8) is 0 Å². The van der Waals surface area contributed by atoms with Gasteiger partial charge in [0, 0.05) is 5.92 Å². The third kappa shape index (κ3) is 3.07. The summed E-state index contributed by atoms with van der Waals surface area (Å²) in [6.45, 7) is 0. The molecular formula is C27H23O3P. The first-order chi connectivity index (χ1) is 15.2. The summed E-state index contributed by atoms with van der Waals surface area (Å²) in [7, 11) is -3.64. The molecule has 3 nitrogen and oxygen atoms in total. The Morgan fingerprint density at radius 1 is 0.645 bits per heavy atom. The van der Waals surface area contributed by atoms with Crippen molar-refractivity contribution in [1.82, 2.24) is 0 Å². The van der Waals surface area contributed by atoms with Crippen LogP contribution in [0.5, 0.6) is 11.5 Å². The summed E-state index contributed by atoms with van der Waals surface area (Å²) in [4.78, 5) is 0. The van der Waals surface area contributed by atoms with Crippen LogP contribution in [0.25, 0.3) is 5.57 Å². The smallest absolute Gasteiger partial charge is 0.413 e. The van der Waals surface area contributed by atoms with Gasteiger partial charge < -0.3 is 9.05 Å². The van der Waals surface area contributed by atoms with Crippen LogP contribution in [0, 0.1) is 23.7 Å². The zero-order valence-corrected chi connectivity index (χ0v) is 17.9. The van der Waals surface area contributed by atoms with Gasteiger partial charge in [0.1, 0.15) is 11.5 Å². The molecular weight excluding hydrogens is 403 g/mol. The molecule has 1 fully saturated rings. The van der Waals surface area contributed by atoms with Gasteiger partial charge in [-0.25, -0.2) is 4.57 Å². The standard InChI is InChI=1S/C27H23O3P/c28-31(29-22-12-6-2-7-13-22,30-23-14-8-3-9-15-23)27-25(19-10-4-1-5-11-19)24-20-16-17-21(18-20)26(24)27/h1-17,20-21,24,26H,18H2/t20-,21+,24-,26-/m1/s1. The minimum absolute atomic E-state index is 0.212. The van der Waals surface area contributed by atoms with Gasteiger partial charge in [0.15, 0.2) is 0 Å². The van der Waals surface area contributed by atoms with E-state index in [-0.39, 0.29) is 5.92 Å². The van der Waals surface area contributed by atoms with Crippen molar-refractivity contribution >= 4 is 13.2 Å². The predicted octanol–water partition coefficient (Wildman–Crippen LogP) is 7.20. The SMILES string of the molecule is O=P(Oc1ccccc1)(Oc1ccccc1)C1=C(c2ccccc2)[C@@H]2[C@H]1[C@H]1C=C[C@@H]2C1. The molecule has 3 aromatic rings. The molecule has 0 amide bonds. The normalized spacial score (nSPS) is 25.8. The van der Waals surface area contributed by atoms with Gasteiger partial charge in [0.05, 0.1) is 5.31 Å². The van der Waals surface area contributed by atoms with E-state index in [1.807, 2.05) is 78.9 Å². The molecule has 0 N–H and O–H groups in total. The number of benzene rings is 3. The fourth-order valence-electron chi connectivity index (χ4n) is 5.49. The maximum Gasteiger partial charge on any atom is 0.459 e. The van der Waals surface area contributed by atoms with E-state index < -0.39 is 7.60 Å². The topological polar surface area (TPSA) is 35.5 Å². The highest BCUT2D eigenvalue weighted by Crippen LogP contribution is 2.74. The van der Waals surface area contributed by atoms with Crippen LogP contribution in [0.1, 0.15) is 12.0 Å². The average molecular weight is 426 g/mol. The Morgan fingerprint density at radius 2 is 1.13 bits per heavy atom. The lowest BCUT2D eigenvalue weighted by atomic mass is 9.66. The van der Waals surface area contributed by atoms with Crippen molar-refractivity contribution in [3.8, 4) is 11.5 Å². The molecule has 2 bridgehead atoms. The second-order valence-corrected chi connectivity index (χ2v) is 10.3. The van der Waals surface area contributed by atoms with Crippen LogP contribution in [0.2, 0.25) is 0 Å². The highest BCUT2D eigenvalue weighted by Gasteiger charge is 2.61. The van der Waals surface area contributed by atoms with Gasteiger partial charge in [0.25, 0.3) is 0 Å². The lowest BCUT2D eigenvalue weighted by molar-refractivity contribution is 0.352. The lowest BCUT2D eigenvalue weighted by Gasteiger charge is -2.44. The van der Waals surface area contributed by atoms with Crippen molar-refractivity contribution in [2.24, 2.45) is 23.7 Å². The Hall–Kier alpha value is -3.03. The monoisotopic (exact) mass is 426 g/mol. The molecule has 4 heteroatoms. The van der Waals surface area contributed by atoms with Crippen LogP contribution in [0.3, 0.4) is 0 Å². The Bertz CT molecular complexity index is 1160. The van der Waals surface area contributed by atoms with Crippen LogP contribution in [-0.4, -0.2) is 0 Å². The molecule has 3 aromatic carbocycles. The van der Waals surface area contributed by atoms with Crippen molar-refractivity contribution in [1.29, 1.82) is 0 Å². The summed E-state index contributed by atoms with van der Waals surface area (Å²) in [6, 6.07) is 29.0. The van der Waals surface area contributed by atoms with Gasteiger partial charge in [-0.05, 0) is 59.6 Å². The van der Waals surface area contributed by atoms with Gasteiger partial charge in [0.2, 0.25) is 0 Å². The first kappa shape index (κ1) is 18.7. The highest BCUT2D eigenvalue weighted by molar-refractivity contribution is 7.59. The molecule has 1 saturated carbocycles. The maximum absolute atomic E-state index is 14.6. The number of hydrogen-bond donors (Lipinski definition) is 0.